The molecule has 3 rings (SSSR count). The van der Waals surface area contributed by atoms with Crippen LogP contribution in [0.5, 0.6) is 11.5 Å². The number of fused-ring (bicyclic) bond motifs is 1. The molecule has 3 N–H and O–H groups in total. The topological polar surface area (TPSA) is 88.3 Å². The Balaban J connectivity index is 1.74. The highest BCUT2D eigenvalue weighted by Crippen LogP contribution is 2.25. The molecule has 0 aliphatic carbocycles. The molecular formula is C18H18N4O3. The lowest BCUT2D eigenvalue weighted by molar-refractivity contribution is 0.262. The standard InChI is InChI=1S/C18H18N4O3/c1-3-9-25-14-7-8-16-15(11-14)17(22-21-16)20-18(23)19-12-5-4-6-13(10-12)24-2/h3-8,10-11H,1,9H2,2H3,(H3,19,20,21,22,23). The molecule has 2 amide bonds. The molecule has 1 aromatic heterocycles. The summed E-state index contributed by atoms with van der Waals surface area (Å²) in [7, 11) is 1.57. The number of benzene rings is 2. The van der Waals surface area contributed by atoms with Crippen LogP contribution in [0.2, 0.25) is 0 Å². The van der Waals surface area contributed by atoms with Crippen molar-refractivity contribution in [1.29, 1.82) is 0 Å². The number of ether oxygens (including phenoxy) is 2. The lowest BCUT2D eigenvalue weighted by Gasteiger charge is -2.08. The number of amides is 2. The van der Waals surface area contributed by atoms with Crippen LogP contribution in [0.3, 0.4) is 0 Å². The molecule has 0 atom stereocenters. The number of aromatic nitrogens is 2. The molecule has 7 nitrogen and oxygen atoms in total. The van der Waals surface area contributed by atoms with Crippen LogP contribution in [0.25, 0.3) is 10.9 Å². The van der Waals surface area contributed by atoms with Crippen LogP contribution in [0, 0.1) is 0 Å². The number of H-pyrrole nitrogens is 1. The molecular weight excluding hydrogens is 320 g/mol. The molecule has 0 bridgehead atoms. The van der Waals surface area contributed by atoms with Gasteiger partial charge in [0, 0.05) is 17.1 Å². The summed E-state index contributed by atoms with van der Waals surface area (Å²) in [5.74, 6) is 1.75. The number of urea groups is 1. The van der Waals surface area contributed by atoms with E-state index in [2.05, 4.69) is 27.4 Å². The van der Waals surface area contributed by atoms with Crippen LogP contribution in [0.15, 0.2) is 55.1 Å². The van der Waals surface area contributed by atoms with Gasteiger partial charge in [0.25, 0.3) is 0 Å². The summed E-state index contributed by atoms with van der Waals surface area (Å²) < 4.78 is 10.6. The summed E-state index contributed by atoms with van der Waals surface area (Å²) in [6.07, 6.45) is 1.67. The third-order valence-electron chi connectivity index (χ3n) is 3.46. The maximum absolute atomic E-state index is 12.2. The minimum absolute atomic E-state index is 0.404. The zero-order valence-corrected chi connectivity index (χ0v) is 13.7. The number of carbonyl (C=O) groups excluding carboxylic acids is 1. The molecule has 128 valence electrons. The fourth-order valence-electron chi connectivity index (χ4n) is 2.30. The van der Waals surface area contributed by atoms with Crippen LogP contribution in [-0.2, 0) is 0 Å². The van der Waals surface area contributed by atoms with Gasteiger partial charge in [-0.15, -0.1) is 0 Å². The van der Waals surface area contributed by atoms with Crippen LogP contribution in [0.1, 0.15) is 0 Å². The number of carbonyl (C=O) groups is 1. The first-order valence-corrected chi connectivity index (χ1v) is 7.63. The molecule has 25 heavy (non-hydrogen) atoms. The van der Waals surface area contributed by atoms with E-state index in [4.69, 9.17) is 9.47 Å². The van der Waals surface area contributed by atoms with Crippen LogP contribution in [-0.4, -0.2) is 29.9 Å². The van der Waals surface area contributed by atoms with E-state index in [1.54, 1.807) is 37.5 Å². The number of nitrogens with one attached hydrogen (secondary N) is 3. The highest BCUT2D eigenvalue weighted by atomic mass is 16.5. The number of hydrogen-bond donors (Lipinski definition) is 3. The fourth-order valence-corrected chi connectivity index (χ4v) is 2.30. The molecule has 0 unspecified atom stereocenters. The van der Waals surface area contributed by atoms with Gasteiger partial charge in [-0.2, -0.15) is 5.10 Å². The van der Waals surface area contributed by atoms with Crippen molar-refractivity contribution in [3.8, 4) is 11.5 Å². The van der Waals surface area contributed by atoms with Gasteiger partial charge in [0.05, 0.1) is 12.6 Å². The van der Waals surface area contributed by atoms with Gasteiger partial charge in [0.1, 0.15) is 18.1 Å². The van der Waals surface area contributed by atoms with Gasteiger partial charge in [0.2, 0.25) is 0 Å². The van der Waals surface area contributed by atoms with Crippen LogP contribution in [0.4, 0.5) is 16.3 Å². The third-order valence-corrected chi connectivity index (χ3v) is 3.46. The Morgan fingerprint density at radius 2 is 2.12 bits per heavy atom. The molecule has 3 aromatic rings. The molecule has 0 saturated carbocycles. The summed E-state index contributed by atoms with van der Waals surface area (Å²) >= 11 is 0. The average Bonchev–Trinajstić information content (AvgIpc) is 3.02. The van der Waals surface area contributed by atoms with Crippen molar-refractivity contribution in [1.82, 2.24) is 10.2 Å². The Morgan fingerprint density at radius 1 is 1.24 bits per heavy atom. The number of rotatable bonds is 6. The number of aromatic amines is 1. The smallest absolute Gasteiger partial charge is 0.324 e. The second-order valence-corrected chi connectivity index (χ2v) is 5.19. The van der Waals surface area contributed by atoms with Crippen molar-refractivity contribution in [3.05, 3.63) is 55.1 Å². The van der Waals surface area contributed by atoms with Gasteiger partial charge in [-0.25, -0.2) is 4.79 Å². The lowest BCUT2D eigenvalue weighted by atomic mass is 10.2. The number of hydrogen-bond acceptors (Lipinski definition) is 4. The monoisotopic (exact) mass is 338 g/mol. The largest absolute Gasteiger partial charge is 0.497 e. The average molecular weight is 338 g/mol. The summed E-state index contributed by atoms with van der Waals surface area (Å²) in [6, 6.07) is 12.2. The summed E-state index contributed by atoms with van der Waals surface area (Å²) in [4.78, 5) is 12.2. The predicted octanol–water partition coefficient (Wildman–Crippen LogP) is 3.78. The molecule has 0 fully saturated rings. The van der Waals surface area contributed by atoms with Gasteiger partial charge in [-0.1, -0.05) is 18.7 Å². The SMILES string of the molecule is C=CCOc1ccc2[nH]nc(NC(=O)Nc3cccc(OC)c3)c2c1. The second kappa shape index (κ2) is 7.39. The minimum Gasteiger partial charge on any atom is -0.497 e. The van der Waals surface area contributed by atoms with E-state index in [-0.39, 0.29) is 0 Å². The van der Waals surface area contributed by atoms with Crippen molar-refractivity contribution in [2.45, 2.75) is 0 Å². The van der Waals surface area contributed by atoms with Crippen molar-refractivity contribution < 1.29 is 14.3 Å². The number of nitrogens with zero attached hydrogens (tertiary/aromatic N) is 1. The summed E-state index contributed by atoms with van der Waals surface area (Å²) in [5.41, 5.74) is 1.41. The van der Waals surface area contributed by atoms with E-state index in [1.807, 2.05) is 18.2 Å². The first-order chi connectivity index (χ1) is 12.2. The maximum Gasteiger partial charge on any atom is 0.324 e. The molecule has 7 heteroatoms. The van der Waals surface area contributed by atoms with Gasteiger partial charge >= 0.3 is 6.03 Å². The zero-order chi connectivity index (χ0) is 17.6. The van der Waals surface area contributed by atoms with Crippen molar-refractivity contribution in [2.24, 2.45) is 0 Å². The first kappa shape index (κ1) is 16.4. The summed E-state index contributed by atoms with van der Waals surface area (Å²) in [6.45, 7) is 4.02. The summed E-state index contributed by atoms with van der Waals surface area (Å²) in [5, 5.41) is 13.2. The molecule has 1 heterocycles. The Hall–Kier alpha value is -3.48. The fraction of sp³-hybridized carbons (Fsp3) is 0.111. The van der Waals surface area contributed by atoms with Crippen molar-refractivity contribution in [2.75, 3.05) is 24.4 Å². The maximum atomic E-state index is 12.2. The number of methoxy groups -OCH3 is 1. The van der Waals surface area contributed by atoms with Crippen molar-refractivity contribution in [3.63, 3.8) is 0 Å². The van der Waals surface area contributed by atoms with Crippen LogP contribution >= 0.6 is 0 Å². The Kier molecular flexibility index (Phi) is 4.84. The van der Waals surface area contributed by atoms with Gasteiger partial charge < -0.3 is 14.8 Å². The van der Waals surface area contributed by atoms with Crippen molar-refractivity contribution >= 4 is 28.4 Å². The van der Waals surface area contributed by atoms with E-state index >= 15 is 0 Å². The predicted molar refractivity (Wildman–Crippen MR) is 97.4 cm³/mol. The minimum atomic E-state index is -0.404. The lowest BCUT2D eigenvalue weighted by Crippen LogP contribution is -2.19. The quantitative estimate of drug-likeness (QED) is 0.597. The Labute approximate surface area is 144 Å². The van der Waals surface area contributed by atoms with E-state index in [0.717, 1.165) is 10.9 Å². The van der Waals surface area contributed by atoms with E-state index in [1.165, 1.54) is 0 Å². The zero-order valence-electron chi connectivity index (χ0n) is 13.7. The Bertz CT molecular complexity index is 904. The highest BCUT2D eigenvalue weighted by molar-refractivity contribution is 6.04. The van der Waals surface area contributed by atoms with E-state index in [0.29, 0.717) is 29.6 Å². The van der Waals surface area contributed by atoms with Gasteiger partial charge in [-0.3, -0.25) is 10.4 Å². The molecule has 0 spiro atoms. The van der Waals surface area contributed by atoms with E-state index < -0.39 is 6.03 Å². The van der Waals surface area contributed by atoms with Crippen LogP contribution < -0.4 is 20.1 Å². The van der Waals surface area contributed by atoms with Gasteiger partial charge in [-0.05, 0) is 30.3 Å². The second-order valence-electron chi connectivity index (χ2n) is 5.19. The Morgan fingerprint density at radius 3 is 2.92 bits per heavy atom. The normalized spacial score (nSPS) is 10.3. The first-order valence-electron chi connectivity index (χ1n) is 7.63. The number of anilines is 2. The van der Waals surface area contributed by atoms with E-state index in [9.17, 15) is 4.79 Å². The molecule has 0 aliphatic heterocycles. The molecule has 0 saturated heterocycles. The molecule has 2 aromatic carbocycles. The molecule has 0 aliphatic rings. The van der Waals surface area contributed by atoms with Gasteiger partial charge in [0.15, 0.2) is 5.82 Å². The molecule has 0 radical (unpaired) electrons. The third kappa shape index (κ3) is 3.89. The highest BCUT2D eigenvalue weighted by Gasteiger charge is 2.11.